The van der Waals surface area contributed by atoms with Crippen LogP contribution in [0.25, 0.3) is 0 Å². The molecule has 1 atom stereocenters. The molecule has 1 unspecified atom stereocenters. The molecule has 0 aliphatic heterocycles. The van der Waals surface area contributed by atoms with Crippen molar-refractivity contribution >= 4 is 17.7 Å². The Morgan fingerprint density at radius 1 is 1.00 bits per heavy atom. The quantitative estimate of drug-likeness (QED) is 0.577. The zero-order valence-electron chi connectivity index (χ0n) is 17.5. The van der Waals surface area contributed by atoms with E-state index in [0.717, 1.165) is 0 Å². The average molecular weight is 361 g/mol. The van der Waals surface area contributed by atoms with Gasteiger partial charge in [0.15, 0.2) is 0 Å². The van der Waals surface area contributed by atoms with E-state index in [1.54, 1.807) is 0 Å². The van der Waals surface area contributed by atoms with E-state index in [4.69, 9.17) is 5.11 Å². The summed E-state index contributed by atoms with van der Waals surface area (Å²) < 4.78 is 0. The minimum Gasteiger partial charge on any atom is -0.481 e. The molecule has 1 amide bonds. The lowest BCUT2D eigenvalue weighted by Crippen LogP contribution is -2.60. The molecule has 0 bridgehead atoms. The Morgan fingerprint density at radius 2 is 1.44 bits per heavy atom. The van der Waals surface area contributed by atoms with Gasteiger partial charge in [-0.15, -0.1) is 0 Å². The fraction of sp³-hybridized carbons (Fsp3) is 0.789. The van der Waals surface area contributed by atoms with Crippen LogP contribution in [0.2, 0.25) is 0 Å². The molecule has 25 heavy (non-hydrogen) atoms. The number of quaternary nitrogens is 1. The molecule has 150 valence electrons. The number of carboxylic acid groups (broad SMARTS) is 1. The van der Waals surface area contributed by atoms with Crippen LogP contribution in [0.1, 0.15) is 74.1 Å². The molecule has 0 rings (SSSR count). The summed E-state index contributed by atoms with van der Waals surface area (Å²) in [6, 6.07) is -0.309. The van der Waals surface area contributed by atoms with E-state index in [9.17, 15) is 14.4 Å². The Morgan fingerprint density at radius 3 is 1.76 bits per heavy atom. The summed E-state index contributed by atoms with van der Waals surface area (Å²) >= 11 is 0. The van der Waals surface area contributed by atoms with E-state index in [0.29, 0.717) is 18.4 Å². The Labute approximate surface area is 153 Å². The van der Waals surface area contributed by atoms with E-state index in [2.05, 4.69) is 38.7 Å². The van der Waals surface area contributed by atoms with E-state index in [1.165, 1.54) is 0 Å². The van der Waals surface area contributed by atoms with Gasteiger partial charge in [-0.25, -0.2) is 0 Å². The molecule has 0 fully saturated rings. The summed E-state index contributed by atoms with van der Waals surface area (Å²) in [5, 5.41) is 11.1. The first-order valence-corrected chi connectivity index (χ1v) is 8.46. The number of amides is 1. The lowest BCUT2D eigenvalue weighted by Gasteiger charge is -2.19. The highest BCUT2D eigenvalue weighted by Crippen LogP contribution is 2.19. The number of Topliss-reactive ketones (excluding diaryl/α,β-unsaturated/α-hetero) is 1. The van der Waals surface area contributed by atoms with Crippen LogP contribution in [0, 0.1) is 18.3 Å². The maximum atomic E-state index is 11.8. The maximum absolute atomic E-state index is 11.8. The van der Waals surface area contributed by atoms with Crippen LogP contribution in [0.5, 0.6) is 0 Å². The number of aliphatic carboxylic acids is 1. The van der Waals surface area contributed by atoms with Crippen molar-refractivity contribution in [3.05, 3.63) is 7.43 Å². The van der Waals surface area contributed by atoms with Crippen molar-refractivity contribution in [3.8, 4) is 0 Å². The summed E-state index contributed by atoms with van der Waals surface area (Å²) in [6.07, 6.45) is 0.430. The third-order valence-corrected chi connectivity index (χ3v) is 2.48. The topological polar surface area (TPSA) is 111 Å². The third kappa shape index (κ3) is 27.7. The van der Waals surface area contributed by atoms with Gasteiger partial charge in [0.2, 0.25) is 5.91 Å². The summed E-state index contributed by atoms with van der Waals surface area (Å²) in [7, 11) is 0. The van der Waals surface area contributed by atoms with Crippen molar-refractivity contribution in [3.63, 3.8) is 0 Å². The van der Waals surface area contributed by atoms with Crippen molar-refractivity contribution in [1.29, 1.82) is 0 Å². The zero-order valence-corrected chi connectivity index (χ0v) is 17.5. The number of nitrogens with one attached hydrogen (secondary N) is 1. The normalized spacial score (nSPS) is 12.2. The fourth-order valence-electron chi connectivity index (χ4n) is 1.68. The minimum atomic E-state index is -1.01. The molecule has 0 saturated heterocycles. The monoisotopic (exact) mass is 360 g/mol. The van der Waals surface area contributed by atoms with Gasteiger partial charge in [0.25, 0.3) is 0 Å². The first-order chi connectivity index (χ1) is 10.6. The third-order valence-electron chi connectivity index (χ3n) is 2.48. The molecule has 0 heterocycles. The van der Waals surface area contributed by atoms with Crippen LogP contribution in [-0.2, 0) is 14.4 Å². The Bertz CT molecular complexity index is 401. The van der Waals surface area contributed by atoms with E-state index in [1.807, 2.05) is 20.8 Å². The molecule has 6 nitrogen and oxygen atoms in total. The predicted octanol–water partition coefficient (Wildman–Crippen LogP) is 2.48. The number of carboxylic acids is 1. The number of ketones is 1. The number of hydrogen-bond donors (Lipinski definition) is 3. The first-order valence-electron chi connectivity index (χ1n) is 8.46. The zero-order chi connectivity index (χ0) is 19.6. The van der Waals surface area contributed by atoms with Gasteiger partial charge in [0.1, 0.15) is 5.78 Å². The highest BCUT2D eigenvalue weighted by Gasteiger charge is 2.21. The van der Waals surface area contributed by atoms with Gasteiger partial charge in [-0.05, 0) is 10.8 Å². The molecule has 0 aliphatic carbocycles. The van der Waals surface area contributed by atoms with Crippen LogP contribution >= 0.6 is 0 Å². The van der Waals surface area contributed by atoms with Crippen molar-refractivity contribution in [1.82, 2.24) is 5.32 Å². The van der Waals surface area contributed by atoms with Crippen LogP contribution < -0.4 is 11.1 Å². The standard InChI is InChI=1S/C13H24N2O4.C5H12.CH3/c1-13(2,3)7-10(16)6-9(8-14)15-11(17)4-5-12(18)19;1-5(2,3)4;/h9H,4-8,14H2,1-3H3,(H,15,17)(H,18,19);1-4H3;1H3/q;;-1/p+1. The number of hydrogen-bond acceptors (Lipinski definition) is 3. The summed E-state index contributed by atoms with van der Waals surface area (Å²) in [5.41, 5.74) is 4.13. The van der Waals surface area contributed by atoms with Gasteiger partial charge >= 0.3 is 5.97 Å². The van der Waals surface area contributed by atoms with Crippen LogP contribution in [-0.4, -0.2) is 35.4 Å². The molecule has 6 heteroatoms. The minimum absolute atomic E-state index is 0. The molecular formula is C19H40N2O4. The largest absolute Gasteiger partial charge is 0.481 e. The van der Waals surface area contributed by atoms with Gasteiger partial charge in [-0.2, -0.15) is 0 Å². The van der Waals surface area contributed by atoms with Gasteiger partial charge < -0.3 is 23.6 Å². The fourth-order valence-corrected chi connectivity index (χ4v) is 1.68. The smallest absolute Gasteiger partial charge is 0.303 e. The molecule has 0 aromatic rings. The molecule has 0 aromatic heterocycles. The van der Waals surface area contributed by atoms with Gasteiger partial charge in [0.05, 0.1) is 19.0 Å². The van der Waals surface area contributed by atoms with Gasteiger partial charge in [-0.1, -0.05) is 48.5 Å². The molecule has 0 radical (unpaired) electrons. The van der Waals surface area contributed by atoms with Crippen LogP contribution in [0.4, 0.5) is 0 Å². The van der Waals surface area contributed by atoms with E-state index >= 15 is 0 Å². The predicted molar refractivity (Wildman–Crippen MR) is 102 cm³/mol. The summed E-state index contributed by atoms with van der Waals surface area (Å²) in [5.74, 6) is -1.27. The van der Waals surface area contributed by atoms with Crippen LogP contribution in [0.15, 0.2) is 0 Å². The van der Waals surface area contributed by atoms with Crippen molar-refractivity contribution < 1.29 is 25.2 Å². The van der Waals surface area contributed by atoms with E-state index < -0.39 is 5.97 Å². The number of carbonyl (C=O) groups excluding carboxylic acids is 2. The second-order valence-corrected chi connectivity index (χ2v) is 8.93. The molecule has 0 aliphatic rings. The lowest BCUT2D eigenvalue weighted by atomic mass is 9.88. The first kappa shape index (κ1) is 28.4. The Kier molecular flexibility index (Phi) is 14.6. The lowest BCUT2D eigenvalue weighted by molar-refractivity contribution is -0.372. The number of carbonyl (C=O) groups is 3. The summed E-state index contributed by atoms with van der Waals surface area (Å²) in [4.78, 5) is 33.6. The van der Waals surface area contributed by atoms with Crippen LogP contribution in [0.3, 0.4) is 0 Å². The maximum Gasteiger partial charge on any atom is 0.303 e. The second-order valence-electron chi connectivity index (χ2n) is 8.93. The van der Waals surface area contributed by atoms with Crippen molar-refractivity contribution in [2.45, 2.75) is 80.2 Å². The summed E-state index contributed by atoms with van der Waals surface area (Å²) in [6.45, 7) is 15.1. The highest BCUT2D eigenvalue weighted by atomic mass is 16.4. The molecule has 0 spiro atoms. The molecule has 0 saturated carbocycles. The second kappa shape index (κ2) is 12.9. The SMILES string of the molecule is CC(C)(C)C.CC(C)(C)CC(=O)CC(C[NH3+])NC(=O)CCC(=O)O.[CH3-]. The van der Waals surface area contributed by atoms with Crippen molar-refractivity contribution in [2.75, 3.05) is 6.54 Å². The molecule has 0 aromatic carbocycles. The van der Waals surface area contributed by atoms with E-state index in [-0.39, 0.29) is 49.8 Å². The average Bonchev–Trinajstić information content (AvgIpc) is 2.31. The number of rotatable bonds is 8. The van der Waals surface area contributed by atoms with Gasteiger partial charge in [-0.3, -0.25) is 14.4 Å². The Balaban J connectivity index is -0.000000704. The highest BCUT2D eigenvalue weighted by molar-refractivity contribution is 5.83. The van der Waals surface area contributed by atoms with Gasteiger partial charge in [0, 0.05) is 19.3 Å². The van der Waals surface area contributed by atoms with Crippen molar-refractivity contribution in [2.24, 2.45) is 10.8 Å². The Hall–Kier alpha value is -1.43. The molecule has 5 N–H and O–H groups in total. The molecular weight excluding hydrogens is 320 g/mol.